The van der Waals surface area contributed by atoms with Crippen LogP contribution in [0, 0.1) is 5.92 Å². The summed E-state index contributed by atoms with van der Waals surface area (Å²) in [7, 11) is 0.989. The molecule has 3 heterocycles. The number of sulfonamides is 1. The van der Waals surface area contributed by atoms with Gasteiger partial charge in [-0.2, -0.15) is 4.31 Å². The van der Waals surface area contributed by atoms with Gasteiger partial charge in [0.2, 0.25) is 11.6 Å². The minimum atomic E-state index is -3.52. The molecule has 2 aromatic heterocycles. The van der Waals surface area contributed by atoms with Gasteiger partial charge in [-0.05, 0) is 36.4 Å². The summed E-state index contributed by atoms with van der Waals surface area (Å²) in [6.07, 6.45) is 0.758. The van der Waals surface area contributed by atoms with Crippen LogP contribution in [0.25, 0.3) is 11.5 Å². The molecule has 4 rings (SSSR count). The lowest BCUT2D eigenvalue weighted by atomic mass is 9.98. The van der Waals surface area contributed by atoms with Crippen molar-refractivity contribution in [2.24, 2.45) is 5.92 Å². The zero-order valence-corrected chi connectivity index (χ0v) is 21.1. The van der Waals surface area contributed by atoms with E-state index in [1.807, 2.05) is 0 Å². The van der Waals surface area contributed by atoms with Crippen LogP contribution >= 0.6 is 11.3 Å². The quantitative estimate of drug-likeness (QED) is 0.386. The minimum Gasteiger partial charge on any atom is -0.493 e. The summed E-state index contributed by atoms with van der Waals surface area (Å²) >= 11 is 1.18. The maximum absolute atomic E-state index is 12.6. The monoisotopic (exact) mass is 523 g/mol. The number of esters is 1. The Balaban J connectivity index is 1.35. The first-order chi connectivity index (χ1) is 16.9. The SMILES string of the molecule is COc1cc(-c2nnc(COC(=O)C3CCN(S(=O)(=O)c4cccs4)CC3)o2)cc(OC)c1OC. The second kappa shape index (κ2) is 10.6. The highest BCUT2D eigenvalue weighted by Gasteiger charge is 2.33. The number of hydrogen-bond acceptors (Lipinski definition) is 11. The van der Waals surface area contributed by atoms with Gasteiger partial charge in [-0.25, -0.2) is 8.42 Å². The molecule has 188 valence electrons. The Bertz CT molecular complexity index is 1240. The van der Waals surface area contributed by atoms with Crippen LogP contribution in [0.4, 0.5) is 0 Å². The highest BCUT2D eigenvalue weighted by molar-refractivity contribution is 7.91. The number of rotatable bonds is 9. The maximum atomic E-state index is 12.6. The largest absolute Gasteiger partial charge is 0.493 e. The molecule has 0 spiro atoms. The van der Waals surface area contributed by atoms with Crippen molar-refractivity contribution in [2.75, 3.05) is 34.4 Å². The molecule has 0 N–H and O–H groups in total. The van der Waals surface area contributed by atoms with E-state index in [4.69, 9.17) is 23.4 Å². The number of carbonyl (C=O) groups excluding carboxylic acids is 1. The first kappa shape index (κ1) is 24.9. The van der Waals surface area contributed by atoms with E-state index in [0.29, 0.717) is 39.9 Å². The first-order valence-electron chi connectivity index (χ1n) is 10.7. The summed E-state index contributed by atoms with van der Waals surface area (Å²) in [6, 6.07) is 6.62. The van der Waals surface area contributed by atoms with E-state index in [1.165, 1.54) is 37.0 Å². The molecule has 1 aliphatic heterocycles. The third-order valence-corrected chi connectivity index (χ3v) is 8.86. The van der Waals surface area contributed by atoms with Gasteiger partial charge < -0.3 is 23.4 Å². The fraction of sp³-hybridized carbons (Fsp3) is 0.409. The molecule has 0 radical (unpaired) electrons. The fourth-order valence-corrected chi connectivity index (χ4v) is 6.37. The van der Waals surface area contributed by atoms with Gasteiger partial charge in [0.1, 0.15) is 4.21 Å². The molecule has 1 aliphatic rings. The average Bonchev–Trinajstić information content (AvgIpc) is 3.59. The minimum absolute atomic E-state index is 0.125. The number of aromatic nitrogens is 2. The van der Waals surface area contributed by atoms with Crippen molar-refractivity contribution in [1.82, 2.24) is 14.5 Å². The van der Waals surface area contributed by atoms with Crippen LogP contribution < -0.4 is 14.2 Å². The highest BCUT2D eigenvalue weighted by Crippen LogP contribution is 2.40. The molecule has 35 heavy (non-hydrogen) atoms. The molecule has 1 aromatic carbocycles. The summed E-state index contributed by atoms with van der Waals surface area (Å²) in [6.45, 7) is 0.321. The standard InChI is InChI=1S/C22H25N3O8S2/c1-29-16-11-15(12-17(30-2)20(16)31-3)21-24-23-18(33-21)13-32-22(26)14-6-8-25(9-7-14)35(27,28)19-5-4-10-34-19/h4-5,10-12,14H,6-9,13H2,1-3H3. The normalized spacial score (nSPS) is 15.1. The van der Waals surface area contributed by atoms with Crippen LogP contribution in [0.15, 0.2) is 38.3 Å². The molecule has 1 fully saturated rings. The molecule has 11 nitrogen and oxygen atoms in total. The molecule has 0 saturated carbocycles. The Morgan fingerprint density at radius 2 is 1.80 bits per heavy atom. The van der Waals surface area contributed by atoms with Gasteiger partial charge in [0.15, 0.2) is 18.1 Å². The number of benzene rings is 1. The Labute approximate surface area is 206 Å². The van der Waals surface area contributed by atoms with Crippen LogP contribution in [-0.2, 0) is 26.2 Å². The van der Waals surface area contributed by atoms with Crippen molar-refractivity contribution in [1.29, 1.82) is 0 Å². The van der Waals surface area contributed by atoms with Crippen LogP contribution in [0.1, 0.15) is 18.7 Å². The van der Waals surface area contributed by atoms with E-state index in [0.717, 1.165) is 0 Å². The molecular weight excluding hydrogens is 498 g/mol. The number of methoxy groups -OCH3 is 3. The van der Waals surface area contributed by atoms with Crippen LogP contribution in [0.2, 0.25) is 0 Å². The highest BCUT2D eigenvalue weighted by atomic mass is 32.2. The summed E-state index contributed by atoms with van der Waals surface area (Å²) in [5, 5.41) is 9.68. The van der Waals surface area contributed by atoms with Crippen molar-refractivity contribution in [3.05, 3.63) is 35.5 Å². The summed E-state index contributed by atoms with van der Waals surface area (Å²) in [5.74, 6) is 0.790. The number of thiophene rings is 1. The predicted molar refractivity (Wildman–Crippen MR) is 125 cm³/mol. The van der Waals surface area contributed by atoms with Crippen molar-refractivity contribution in [2.45, 2.75) is 23.7 Å². The van der Waals surface area contributed by atoms with Gasteiger partial charge in [-0.15, -0.1) is 21.5 Å². The molecule has 0 bridgehead atoms. The van der Waals surface area contributed by atoms with E-state index in [9.17, 15) is 13.2 Å². The number of ether oxygens (including phenoxy) is 4. The third-order valence-electron chi connectivity index (χ3n) is 5.59. The van der Waals surface area contributed by atoms with Crippen LogP contribution in [0.5, 0.6) is 17.2 Å². The molecular formula is C22H25N3O8S2. The molecule has 0 atom stereocenters. The predicted octanol–water partition coefficient (Wildman–Crippen LogP) is 2.97. The lowest BCUT2D eigenvalue weighted by Gasteiger charge is -2.29. The van der Waals surface area contributed by atoms with Gasteiger partial charge in [-0.1, -0.05) is 6.07 Å². The summed E-state index contributed by atoms with van der Waals surface area (Å²) < 4.78 is 54.0. The average molecular weight is 524 g/mol. The Hall–Kier alpha value is -3.16. The summed E-state index contributed by atoms with van der Waals surface area (Å²) in [5.41, 5.74) is 0.545. The van der Waals surface area contributed by atoms with E-state index < -0.39 is 21.9 Å². The zero-order valence-electron chi connectivity index (χ0n) is 19.4. The van der Waals surface area contributed by atoms with Gasteiger partial charge in [0.05, 0.1) is 27.2 Å². The van der Waals surface area contributed by atoms with Crippen molar-refractivity contribution >= 4 is 27.3 Å². The number of piperidine rings is 1. The van der Waals surface area contributed by atoms with Gasteiger partial charge in [0.25, 0.3) is 15.9 Å². The molecule has 0 amide bonds. The number of nitrogens with zero attached hydrogens (tertiary/aromatic N) is 3. The van der Waals surface area contributed by atoms with Crippen molar-refractivity contribution in [3.8, 4) is 28.7 Å². The molecule has 3 aromatic rings. The third kappa shape index (κ3) is 5.26. The van der Waals surface area contributed by atoms with Gasteiger partial charge in [-0.3, -0.25) is 4.79 Å². The zero-order chi connectivity index (χ0) is 25.0. The van der Waals surface area contributed by atoms with Gasteiger partial charge in [0, 0.05) is 18.7 Å². The first-order valence-corrected chi connectivity index (χ1v) is 13.0. The fourth-order valence-electron chi connectivity index (χ4n) is 3.75. The second-order valence-corrected chi connectivity index (χ2v) is 10.7. The molecule has 13 heteroatoms. The number of carbonyl (C=O) groups is 1. The smallest absolute Gasteiger partial charge is 0.309 e. The van der Waals surface area contributed by atoms with E-state index in [-0.39, 0.29) is 31.5 Å². The second-order valence-electron chi connectivity index (χ2n) is 7.63. The van der Waals surface area contributed by atoms with Gasteiger partial charge >= 0.3 is 5.97 Å². The van der Waals surface area contributed by atoms with Crippen LogP contribution in [0.3, 0.4) is 0 Å². The Kier molecular flexibility index (Phi) is 7.57. The lowest BCUT2D eigenvalue weighted by molar-refractivity contribution is -0.151. The number of hydrogen-bond donors (Lipinski definition) is 0. The van der Waals surface area contributed by atoms with Crippen LogP contribution in [-0.4, -0.2) is 63.3 Å². The maximum Gasteiger partial charge on any atom is 0.309 e. The Morgan fingerprint density at radius 1 is 1.11 bits per heavy atom. The molecule has 1 saturated heterocycles. The molecule has 0 aliphatic carbocycles. The lowest BCUT2D eigenvalue weighted by Crippen LogP contribution is -2.40. The van der Waals surface area contributed by atoms with E-state index in [2.05, 4.69) is 10.2 Å². The molecule has 0 unspecified atom stereocenters. The summed E-state index contributed by atoms with van der Waals surface area (Å²) in [4.78, 5) is 12.5. The van der Waals surface area contributed by atoms with Crippen molar-refractivity contribution < 1.29 is 36.6 Å². The van der Waals surface area contributed by atoms with E-state index >= 15 is 0 Å². The topological polar surface area (TPSA) is 130 Å². The van der Waals surface area contributed by atoms with E-state index in [1.54, 1.807) is 29.6 Å². The van der Waals surface area contributed by atoms with Crippen molar-refractivity contribution in [3.63, 3.8) is 0 Å². The Morgan fingerprint density at radius 3 is 2.37 bits per heavy atom.